The van der Waals surface area contributed by atoms with Crippen LogP contribution in [0.25, 0.3) is 0 Å². The van der Waals surface area contributed by atoms with E-state index in [1.54, 1.807) is 17.8 Å². The summed E-state index contributed by atoms with van der Waals surface area (Å²) in [7, 11) is 0. The van der Waals surface area contributed by atoms with Crippen LogP contribution in [0.1, 0.15) is 29.8 Å². The van der Waals surface area contributed by atoms with Crippen LogP contribution < -0.4 is 0 Å². The summed E-state index contributed by atoms with van der Waals surface area (Å²) in [5.74, 6) is -0.853. The van der Waals surface area contributed by atoms with Crippen LogP contribution in [0.4, 0.5) is 0 Å². The van der Waals surface area contributed by atoms with Crippen molar-refractivity contribution in [3.05, 3.63) is 29.3 Å². The van der Waals surface area contributed by atoms with E-state index in [9.17, 15) is 4.79 Å². The van der Waals surface area contributed by atoms with E-state index in [4.69, 9.17) is 5.11 Å². The average molecular weight is 210 g/mol. The SMILES string of the molecule is Cc1ccc(SC(C)C)cc1C(=O)O. The van der Waals surface area contributed by atoms with Gasteiger partial charge in [0.15, 0.2) is 0 Å². The largest absolute Gasteiger partial charge is 0.478 e. The number of rotatable bonds is 3. The highest BCUT2D eigenvalue weighted by Crippen LogP contribution is 2.25. The van der Waals surface area contributed by atoms with E-state index < -0.39 is 5.97 Å². The number of benzene rings is 1. The molecule has 0 aliphatic rings. The van der Waals surface area contributed by atoms with Crippen molar-refractivity contribution in [2.45, 2.75) is 30.9 Å². The summed E-state index contributed by atoms with van der Waals surface area (Å²) in [4.78, 5) is 11.9. The Balaban J connectivity index is 3.00. The number of carboxylic acids is 1. The fourth-order valence-corrected chi connectivity index (χ4v) is 2.05. The molecule has 3 heteroatoms. The molecule has 0 spiro atoms. The molecule has 1 rings (SSSR count). The van der Waals surface area contributed by atoms with Gasteiger partial charge in [-0.25, -0.2) is 4.79 Å². The van der Waals surface area contributed by atoms with Crippen LogP contribution in [0.5, 0.6) is 0 Å². The predicted octanol–water partition coefficient (Wildman–Crippen LogP) is 3.19. The normalized spacial score (nSPS) is 10.6. The Morgan fingerprint density at radius 3 is 2.57 bits per heavy atom. The molecule has 0 radical (unpaired) electrons. The standard InChI is InChI=1S/C11H14O2S/c1-7(2)14-9-5-4-8(3)10(6-9)11(12)13/h4-7H,1-3H3,(H,12,13). The van der Waals surface area contributed by atoms with Crippen LogP contribution in [0.15, 0.2) is 23.1 Å². The average Bonchev–Trinajstić information content (AvgIpc) is 2.07. The molecule has 0 unspecified atom stereocenters. The third-order valence-corrected chi connectivity index (χ3v) is 2.81. The van der Waals surface area contributed by atoms with Crippen molar-refractivity contribution in [1.29, 1.82) is 0 Å². The molecule has 0 atom stereocenters. The molecule has 0 heterocycles. The first-order valence-corrected chi connectivity index (χ1v) is 5.39. The maximum atomic E-state index is 10.9. The Morgan fingerprint density at radius 1 is 1.43 bits per heavy atom. The number of carboxylic acid groups (broad SMARTS) is 1. The Hall–Kier alpha value is -0.960. The molecule has 1 N–H and O–H groups in total. The number of hydrogen-bond donors (Lipinski definition) is 1. The maximum Gasteiger partial charge on any atom is 0.335 e. The molecule has 76 valence electrons. The molecular formula is C11H14O2S. The van der Waals surface area contributed by atoms with Crippen molar-refractivity contribution in [2.75, 3.05) is 0 Å². The molecule has 0 aliphatic carbocycles. The zero-order valence-corrected chi connectivity index (χ0v) is 9.39. The van der Waals surface area contributed by atoms with Crippen molar-refractivity contribution in [3.8, 4) is 0 Å². The summed E-state index contributed by atoms with van der Waals surface area (Å²) in [6.07, 6.45) is 0. The van der Waals surface area contributed by atoms with Crippen molar-refractivity contribution in [3.63, 3.8) is 0 Å². The predicted molar refractivity (Wildman–Crippen MR) is 59.1 cm³/mol. The minimum Gasteiger partial charge on any atom is -0.478 e. The van der Waals surface area contributed by atoms with E-state index in [-0.39, 0.29) is 0 Å². The Morgan fingerprint density at radius 2 is 2.07 bits per heavy atom. The van der Waals surface area contributed by atoms with Crippen molar-refractivity contribution < 1.29 is 9.90 Å². The zero-order chi connectivity index (χ0) is 10.7. The molecule has 0 saturated carbocycles. The lowest BCUT2D eigenvalue weighted by Gasteiger charge is -2.07. The molecule has 0 aliphatic heterocycles. The Bertz CT molecular complexity index is 345. The molecular weight excluding hydrogens is 196 g/mol. The third kappa shape index (κ3) is 2.77. The van der Waals surface area contributed by atoms with Gasteiger partial charge in [-0.1, -0.05) is 19.9 Å². The van der Waals surface area contributed by atoms with Gasteiger partial charge >= 0.3 is 5.97 Å². The molecule has 1 aromatic rings. The first-order chi connectivity index (χ1) is 6.50. The molecule has 0 aromatic heterocycles. The van der Waals surface area contributed by atoms with Gasteiger partial charge in [0.05, 0.1) is 5.56 Å². The highest BCUT2D eigenvalue weighted by Gasteiger charge is 2.08. The van der Waals surface area contributed by atoms with E-state index in [0.717, 1.165) is 10.5 Å². The minimum absolute atomic E-state index is 0.399. The minimum atomic E-state index is -0.853. The third-order valence-electron chi connectivity index (χ3n) is 1.81. The van der Waals surface area contributed by atoms with Crippen LogP contribution in [0, 0.1) is 6.92 Å². The summed E-state index contributed by atoms with van der Waals surface area (Å²) in [5, 5.41) is 9.39. The van der Waals surface area contributed by atoms with Gasteiger partial charge in [-0.2, -0.15) is 0 Å². The van der Waals surface area contributed by atoms with Gasteiger partial charge in [0.25, 0.3) is 0 Å². The number of hydrogen-bond acceptors (Lipinski definition) is 2. The van der Waals surface area contributed by atoms with Crippen molar-refractivity contribution >= 4 is 17.7 Å². The van der Waals surface area contributed by atoms with Crippen LogP contribution in [0.2, 0.25) is 0 Å². The van der Waals surface area contributed by atoms with E-state index in [2.05, 4.69) is 13.8 Å². The topological polar surface area (TPSA) is 37.3 Å². The summed E-state index contributed by atoms with van der Waals surface area (Å²) in [5.41, 5.74) is 1.21. The lowest BCUT2D eigenvalue weighted by atomic mass is 10.1. The van der Waals surface area contributed by atoms with E-state index in [1.807, 2.05) is 19.1 Å². The second-order valence-electron chi connectivity index (χ2n) is 3.45. The van der Waals surface area contributed by atoms with Gasteiger partial charge in [-0.05, 0) is 24.6 Å². The molecule has 0 saturated heterocycles. The molecule has 0 amide bonds. The quantitative estimate of drug-likeness (QED) is 0.778. The van der Waals surface area contributed by atoms with Gasteiger partial charge in [0.2, 0.25) is 0 Å². The summed E-state index contributed by atoms with van der Waals surface area (Å²) < 4.78 is 0. The summed E-state index contributed by atoms with van der Waals surface area (Å²) in [6.45, 7) is 5.99. The first-order valence-electron chi connectivity index (χ1n) is 4.51. The number of aryl methyl sites for hydroxylation is 1. The van der Waals surface area contributed by atoms with Gasteiger partial charge in [0.1, 0.15) is 0 Å². The molecule has 0 fully saturated rings. The van der Waals surface area contributed by atoms with Crippen molar-refractivity contribution in [2.24, 2.45) is 0 Å². The Kier molecular flexibility index (Phi) is 3.58. The van der Waals surface area contributed by atoms with Crippen LogP contribution in [-0.2, 0) is 0 Å². The maximum absolute atomic E-state index is 10.9. The molecule has 2 nitrogen and oxygen atoms in total. The van der Waals surface area contributed by atoms with E-state index >= 15 is 0 Å². The monoisotopic (exact) mass is 210 g/mol. The Labute approximate surface area is 88.3 Å². The van der Waals surface area contributed by atoms with E-state index in [0.29, 0.717) is 10.8 Å². The smallest absolute Gasteiger partial charge is 0.335 e. The number of thioether (sulfide) groups is 1. The van der Waals surface area contributed by atoms with Crippen LogP contribution in [0.3, 0.4) is 0 Å². The summed E-state index contributed by atoms with van der Waals surface area (Å²) in [6, 6.07) is 5.56. The first kappa shape index (κ1) is 11.1. The van der Waals surface area contributed by atoms with Gasteiger partial charge in [0, 0.05) is 10.1 Å². The van der Waals surface area contributed by atoms with E-state index in [1.165, 1.54) is 0 Å². The highest BCUT2D eigenvalue weighted by atomic mass is 32.2. The number of aromatic carboxylic acids is 1. The lowest BCUT2D eigenvalue weighted by Crippen LogP contribution is -2.00. The van der Waals surface area contributed by atoms with Crippen LogP contribution >= 0.6 is 11.8 Å². The second-order valence-corrected chi connectivity index (χ2v) is 5.10. The van der Waals surface area contributed by atoms with Crippen molar-refractivity contribution in [1.82, 2.24) is 0 Å². The lowest BCUT2D eigenvalue weighted by molar-refractivity contribution is 0.0696. The van der Waals surface area contributed by atoms with Gasteiger partial charge in [-0.3, -0.25) is 0 Å². The molecule has 1 aromatic carbocycles. The summed E-state index contributed by atoms with van der Waals surface area (Å²) >= 11 is 1.68. The van der Waals surface area contributed by atoms with Crippen LogP contribution in [-0.4, -0.2) is 16.3 Å². The zero-order valence-electron chi connectivity index (χ0n) is 8.57. The molecule has 0 bridgehead atoms. The van der Waals surface area contributed by atoms with Gasteiger partial charge in [-0.15, -0.1) is 11.8 Å². The fraction of sp³-hybridized carbons (Fsp3) is 0.364. The number of carbonyl (C=O) groups is 1. The van der Waals surface area contributed by atoms with Gasteiger partial charge < -0.3 is 5.11 Å². The highest BCUT2D eigenvalue weighted by molar-refractivity contribution is 7.99. The second kappa shape index (κ2) is 4.51. The molecule has 14 heavy (non-hydrogen) atoms. The fourth-order valence-electron chi connectivity index (χ4n) is 1.18.